The molecule has 0 saturated heterocycles. The zero-order valence-electron chi connectivity index (χ0n) is 11.4. The van der Waals surface area contributed by atoms with Gasteiger partial charge in [-0.25, -0.2) is 0 Å². The monoisotopic (exact) mass is 270 g/mol. The number of hydrogen-bond donors (Lipinski definition) is 0. The molecular formula is C16H18N2O2. The van der Waals surface area contributed by atoms with Gasteiger partial charge in [0.1, 0.15) is 0 Å². The van der Waals surface area contributed by atoms with Crippen molar-refractivity contribution in [1.29, 1.82) is 0 Å². The van der Waals surface area contributed by atoms with E-state index < -0.39 is 11.1 Å². The van der Waals surface area contributed by atoms with E-state index in [0.29, 0.717) is 19.0 Å². The minimum atomic E-state index is -0.435. The van der Waals surface area contributed by atoms with Gasteiger partial charge in [0, 0.05) is 18.9 Å². The van der Waals surface area contributed by atoms with Gasteiger partial charge in [-0.1, -0.05) is 36.8 Å². The van der Waals surface area contributed by atoms with Crippen LogP contribution in [0.3, 0.4) is 0 Å². The van der Waals surface area contributed by atoms with Crippen molar-refractivity contribution < 1.29 is 0 Å². The van der Waals surface area contributed by atoms with Crippen LogP contribution in [0.1, 0.15) is 24.8 Å². The molecule has 1 fully saturated rings. The van der Waals surface area contributed by atoms with Gasteiger partial charge in [-0.15, -0.1) is 0 Å². The Morgan fingerprint density at radius 3 is 2.25 bits per heavy atom. The lowest BCUT2D eigenvalue weighted by Gasteiger charge is -2.25. The standard InChI is InChI=1S/C16H18N2O2/c19-15-16(20)18(12-14-7-4-8-14)10-9-17(15)11-13-5-2-1-3-6-13/h1-3,5-6,9-10,14H,4,7-8,11-12H2. The Kier molecular flexibility index (Phi) is 3.54. The summed E-state index contributed by atoms with van der Waals surface area (Å²) in [5.74, 6) is 0.567. The first-order valence-corrected chi connectivity index (χ1v) is 7.08. The summed E-state index contributed by atoms with van der Waals surface area (Å²) in [5, 5.41) is 0. The summed E-state index contributed by atoms with van der Waals surface area (Å²) in [6, 6.07) is 9.69. The molecule has 0 bridgehead atoms. The molecule has 3 rings (SSSR count). The fraction of sp³-hybridized carbons (Fsp3) is 0.375. The average Bonchev–Trinajstić information content (AvgIpc) is 2.42. The summed E-state index contributed by atoms with van der Waals surface area (Å²) >= 11 is 0. The molecule has 0 atom stereocenters. The summed E-state index contributed by atoms with van der Waals surface area (Å²) in [6.07, 6.45) is 7.03. The maximum absolute atomic E-state index is 12.1. The predicted molar refractivity (Wildman–Crippen MR) is 77.8 cm³/mol. The molecule has 0 spiro atoms. The number of hydrogen-bond acceptors (Lipinski definition) is 2. The second-order valence-electron chi connectivity index (χ2n) is 5.47. The third-order valence-electron chi connectivity index (χ3n) is 4.01. The van der Waals surface area contributed by atoms with Gasteiger partial charge in [0.25, 0.3) is 0 Å². The first kappa shape index (κ1) is 12.9. The van der Waals surface area contributed by atoms with Gasteiger partial charge in [-0.05, 0) is 24.3 Å². The molecule has 0 N–H and O–H groups in total. The van der Waals surface area contributed by atoms with E-state index in [0.717, 1.165) is 5.56 Å². The van der Waals surface area contributed by atoms with Crippen molar-refractivity contribution in [2.45, 2.75) is 32.4 Å². The minimum Gasteiger partial charge on any atom is -0.309 e. The van der Waals surface area contributed by atoms with Crippen LogP contribution >= 0.6 is 0 Å². The van der Waals surface area contributed by atoms with Gasteiger partial charge < -0.3 is 9.13 Å². The Labute approximate surface area is 117 Å². The smallest absolute Gasteiger partial charge is 0.309 e. The quantitative estimate of drug-likeness (QED) is 0.796. The highest BCUT2D eigenvalue weighted by Gasteiger charge is 2.18. The highest BCUT2D eigenvalue weighted by atomic mass is 16.2. The molecular weight excluding hydrogens is 252 g/mol. The molecule has 4 heteroatoms. The van der Waals surface area contributed by atoms with Crippen molar-refractivity contribution in [3.05, 3.63) is 69.0 Å². The molecule has 104 valence electrons. The Morgan fingerprint density at radius 1 is 0.950 bits per heavy atom. The molecule has 0 radical (unpaired) electrons. The predicted octanol–water partition coefficient (Wildman–Crippen LogP) is 1.86. The molecule has 0 aliphatic heterocycles. The summed E-state index contributed by atoms with van der Waals surface area (Å²) in [4.78, 5) is 24.2. The molecule has 1 aromatic carbocycles. The number of aromatic nitrogens is 2. The van der Waals surface area contributed by atoms with Crippen molar-refractivity contribution in [3.8, 4) is 0 Å². The maximum atomic E-state index is 12.1. The molecule has 0 amide bonds. The van der Waals surface area contributed by atoms with Gasteiger partial charge >= 0.3 is 11.1 Å². The second-order valence-corrected chi connectivity index (χ2v) is 5.47. The van der Waals surface area contributed by atoms with Crippen molar-refractivity contribution in [2.75, 3.05) is 0 Å². The summed E-state index contributed by atoms with van der Waals surface area (Å²) in [5.41, 5.74) is 0.178. The molecule has 4 nitrogen and oxygen atoms in total. The second kappa shape index (κ2) is 5.49. The van der Waals surface area contributed by atoms with Crippen LogP contribution in [-0.2, 0) is 13.1 Å². The van der Waals surface area contributed by atoms with E-state index in [1.54, 1.807) is 17.0 Å². The Hall–Kier alpha value is -2.10. The molecule has 1 aromatic heterocycles. The lowest BCUT2D eigenvalue weighted by Crippen LogP contribution is -2.42. The molecule has 1 heterocycles. The molecule has 1 saturated carbocycles. The van der Waals surface area contributed by atoms with Gasteiger partial charge in [-0.3, -0.25) is 9.59 Å². The van der Waals surface area contributed by atoms with Crippen LogP contribution in [-0.4, -0.2) is 9.13 Å². The van der Waals surface area contributed by atoms with Gasteiger partial charge in [0.15, 0.2) is 0 Å². The summed E-state index contributed by atoms with van der Waals surface area (Å²) in [6.45, 7) is 1.12. The van der Waals surface area contributed by atoms with E-state index in [4.69, 9.17) is 0 Å². The van der Waals surface area contributed by atoms with E-state index in [1.165, 1.54) is 23.8 Å². The van der Waals surface area contributed by atoms with Crippen LogP contribution in [0.25, 0.3) is 0 Å². The average molecular weight is 270 g/mol. The molecule has 1 aliphatic carbocycles. The van der Waals surface area contributed by atoms with Crippen LogP contribution < -0.4 is 11.1 Å². The number of benzene rings is 1. The van der Waals surface area contributed by atoms with Crippen molar-refractivity contribution >= 4 is 0 Å². The van der Waals surface area contributed by atoms with E-state index >= 15 is 0 Å². The van der Waals surface area contributed by atoms with E-state index in [9.17, 15) is 9.59 Å². The number of rotatable bonds is 4. The maximum Gasteiger partial charge on any atom is 0.316 e. The van der Waals surface area contributed by atoms with Gasteiger partial charge in [0.05, 0.1) is 6.54 Å². The van der Waals surface area contributed by atoms with Crippen LogP contribution in [0.5, 0.6) is 0 Å². The molecule has 20 heavy (non-hydrogen) atoms. The van der Waals surface area contributed by atoms with Crippen LogP contribution in [0.4, 0.5) is 0 Å². The summed E-state index contributed by atoms with van der Waals surface area (Å²) < 4.78 is 3.04. The minimum absolute atomic E-state index is 0.407. The lowest BCUT2D eigenvalue weighted by atomic mass is 9.85. The van der Waals surface area contributed by atoms with E-state index in [-0.39, 0.29) is 0 Å². The van der Waals surface area contributed by atoms with Crippen molar-refractivity contribution in [1.82, 2.24) is 9.13 Å². The van der Waals surface area contributed by atoms with Crippen LogP contribution in [0, 0.1) is 5.92 Å². The molecule has 2 aromatic rings. The Balaban J connectivity index is 1.84. The van der Waals surface area contributed by atoms with Crippen LogP contribution in [0.15, 0.2) is 52.3 Å². The van der Waals surface area contributed by atoms with Gasteiger partial charge in [-0.2, -0.15) is 0 Å². The van der Waals surface area contributed by atoms with E-state index in [1.807, 2.05) is 30.3 Å². The SMILES string of the molecule is O=c1c(=O)n(CC2CCC2)ccn1Cc1ccccc1. The Bertz CT molecular complexity index is 696. The normalized spacial score (nSPS) is 15.0. The highest BCUT2D eigenvalue weighted by Crippen LogP contribution is 2.27. The largest absolute Gasteiger partial charge is 0.316 e. The third kappa shape index (κ3) is 2.59. The topological polar surface area (TPSA) is 44.0 Å². The number of nitrogens with zero attached hydrogens (tertiary/aromatic N) is 2. The van der Waals surface area contributed by atoms with Gasteiger partial charge in [0.2, 0.25) is 0 Å². The Morgan fingerprint density at radius 2 is 1.60 bits per heavy atom. The first-order valence-electron chi connectivity index (χ1n) is 7.08. The van der Waals surface area contributed by atoms with Crippen LogP contribution in [0.2, 0.25) is 0 Å². The molecule has 0 unspecified atom stereocenters. The zero-order valence-corrected chi connectivity index (χ0v) is 11.4. The molecule has 1 aliphatic rings. The first-order chi connectivity index (χ1) is 9.74. The highest BCUT2D eigenvalue weighted by molar-refractivity contribution is 5.15. The third-order valence-corrected chi connectivity index (χ3v) is 4.01. The summed E-state index contributed by atoms with van der Waals surface area (Å²) in [7, 11) is 0. The van der Waals surface area contributed by atoms with Crippen molar-refractivity contribution in [2.24, 2.45) is 5.92 Å². The fourth-order valence-corrected chi connectivity index (χ4v) is 2.54. The van der Waals surface area contributed by atoms with Crippen molar-refractivity contribution in [3.63, 3.8) is 0 Å². The van der Waals surface area contributed by atoms with E-state index in [2.05, 4.69) is 0 Å². The fourth-order valence-electron chi connectivity index (χ4n) is 2.54. The lowest BCUT2D eigenvalue weighted by molar-refractivity contribution is 0.272. The zero-order chi connectivity index (χ0) is 13.9.